The number of pyridine rings is 1. The van der Waals surface area contributed by atoms with Crippen LogP contribution in [0.15, 0.2) is 53.6 Å². The molecule has 166 valence electrons. The molecule has 0 unspecified atom stereocenters. The van der Waals surface area contributed by atoms with Gasteiger partial charge in [0.1, 0.15) is 34.7 Å². The van der Waals surface area contributed by atoms with Gasteiger partial charge in [0.25, 0.3) is 0 Å². The molecule has 2 aromatic carbocycles. The third-order valence-electron chi connectivity index (χ3n) is 4.69. The first-order valence-electron chi connectivity index (χ1n) is 9.87. The summed E-state index contributed by atoms with van der Waals surface area (Å²) in [5.74, 6) is 0.631. The Labute approximate surface area is 200 Å². The summed E-state index contributed by atoms with van der Waals surface area (Å²) in [6.45, 7) is 0.0583. The number of benzene rings is 2. The van der Waals surface area contributed by atoms with Crippen LogP contribution in [0.25, 0.3) is 11.1 Å². The zero-order valence-electron chi connectivity index (χ0n) is 17.4. The minimum Gasteiger partial charge on any atom is -0.491 e. The number of nitrogens with zero attached hydrogens (tertiary/aromatic N) is 3. The maximum absolute atomic E-state index is 11.4. The van der Waals surface area contributed by atoms with Gasteiger partial charge in [0.2, 0.25) is 5.91 Å². The number of amides is 1. The highest BCUT2D eigenvalue weighted by molar-refractivity contribution is 7.99. The first-order valence-corrected chi connectivity index (χ1v) is 11.2. The SMILES string of the molecule is N#Cc1c(Cl)nc(SCCc2cccc(C(N)=O)c2)c(C#N)c1-c1ccc(OCCO)cc1. The van der Waals surface area contributed by atoms with Gasteiger partial charge in [0.15, 0.2) is 0 Å². The number of hydrogen-bond donors (Lipinski definition) is 2. The Morgan fingerprint density at radius 3 is 2.52 bits per heavy atom. The van der Waals surface area contributed by atoms with E-state index in [-0.39, 0.29) is 29.5 Å². The van der Waals surface area contributed by atoms with Gasteiger partial charge >= 0.3 is 0 Å². The number of aliphatic hydroxyl groups excluding tert-OH is 1. The second-order valence-electron chi connectivity index (χ2n) is 6.82. The van der Waals surface area contributed by atoms with Crippen LogP contribution in [0.2, 0.25) is 5.15 Å². The second-order valence-corrected chi connectivity index (χ2v) is 8.26. The Morgan fingerprint density at radius 2 is 1.88 bits per heavy atom. The fraction of sp³-hybridized carbons (Fsp3) is 0.167. The van der Waals surface area contributed by atoms with Crippen molar-refractivity contribution in [2.75, 3.05) is 19.0 Å². The topological polar surface area (TPSA) is 133 Å². The minimum absolute atomic E-state index is 0.0188. The molecule has 0 aliphatic rings. The summed E-state index contributed by atoms with van der Waals surface area (Å²) in [6, 6.07) is 18.1. The molecule has 7 nitrogen and oxygen atoms in total. The molecule has 0 fully saturated rings. The third kappa shape index (κ3) is 5.82. The molecule has 3 N–H and O–H groups in total. The molecule has 3 aromatic rings. The maximum Gasteiger partial charge on any atom is 0.248 e. The Hall–Kier alpha value is -3.56. The molecule has 1 aromatic heterocycles. The molecular weight excluding hydrogens is 460 g/mol. The van der Waals surface area contributed by atoms with Crippen LogP contribution >= 0.6 is 23.4 Å². The van der Waals surface area contributed by atoms with Crippen LogP contribution in [0.1, 0.15) is 27.0 Å². The summed E-state index contributed by atoms with van der Waals surface area (Å²) in [4.78, 5) is 15.7. The van der Waals surface area contributed by atoms with Crippen LogP contribution in [0, 0.1) is 22.7 Å². The lowest BCUT2D eigenvalue weighted by molar-refractivity contribution is 0.1000. The number of hydrogen-bond acceptors (Lipinski definition) is 7. The van der Waals surface area contributed by atoms with Crippen molar-refractivity contribution in [3.8, 4) is 29.0 Å². The lowest BCUT2D eigenvalue weighted by Crippen LogP contribution is -2.11. The lowest BCUT2D eigenvalue weighted by atomic mass is 9.97. The zero-order valence-corrected chi connectivity index (χ0v) is 19.0. The Balaban J connectivity index is 1.90. The molecule has 0 bridgehead atoms. The van der Waals surface area contributed by atoms with Crippen LogP contribution in [0.5, 0.6) is 5.75 Å². The van der Waals surface area contributed by atoms with Gasteiger partial charge in [0, 0.05) is 16.9 Å². The number of thioether (sulfide) groups is 1. The highest BCUT2D eigenvalue weighted by Gasteiger charge is 2.21. The van der Waals surface area contributed by atoms with Crippen molar-refractivity contribution in [3.63, 3.8) is 0 Å². The first kappa shape index (κ1) is 24.1. The Kier molecular flexibility index (Phi) is 8.28. The fourth-order valence-corrected chi connectivity index (χ4v) is 4.41. The van der Waals surface area contributed by atoms with E-state index in [0.29, 0.717) is 39.6 Å². The number of nitrogens with two attached hydrogens (primary N) is 1. The predicted molar refractivity (Wildman–Crippen MR) is 126 cm³/mol. The molecule has 3 rings (SSSR count). The number of rotatable bonds is 9. The van der Waals surface area contributed by atoms with Crippen molar-refractivity contribution in [3.05, 3.63) is 75.9 Å². The van der Waals surface area contributed by atoms with E-state index in [2.05, 4.69) is 11.1 Å². The smallest absolute Gasteiger partial charge is 0.248 e. The quantitative estimate of drug-likeness (QED) is 0.351. The molecule has 1 amide bonds. The van der Waals surface area contributed by atoms with Crippen LogP contribution in [0.3, 0.4) is 0 Å². The lowest BCUT2D eigenvalue weighted by Gasteiger charge is -2.13. The molecule has 9 heteroatoms. The second kappa shape index (κ2) is 11.3. The highest BCUT2D eigenvalue weighted by atomic mass is 35.5. The van der Waals surface area contributed by atoms with Crippen molar-refractivity contribution in [1.82, 2.24) is 4.98 Å². The van der Waals surface area contributed by atoms with Crippen molar-refractivity contribution in [2.45, 2.75) is 11.4 Å². The van der Waals surface area contributed by atoms with Gasteiger partial charge in [0.05, 0.1) is 17.7 Å². The zero-order chi connectivity index (χ0) is 23.8. The molecule has 0 saturated carbocycles. The summed E-state index contributed by atoms with van der Waals surface area (Å²) in [5, 5.41) is 28.9. The van der Waals surface area contributed by atoms with E-state index in [1.54, 1.807) is 42.5 Å². The fourth-order valence-electron chi connectivity index (χ4n) is 3.16. The van der Waals surface area contributed by atoms with E-state index in [1.165, 1.54) is 11.8 Å². The van der Waals surface area contributed by atoms with Gasteiger partial charge in [-0.2, -0.15) is 10.5 Å². The number of primary amides is 1. The normalized spacial score (nSPS) is 10.3. The summed E-state index contributed by atoms with van der Waals surface area (Å²) in [7, 11) is 0. The number of nitriles is 2. The standard InChI is InChI=1S/C24H19ClN4O3S/c25-22-19(13-26)21(16-4-6-18(7-5-16)32-10-9-30)20(14-27)24(29-22)33-11-8-15-2-1-3-17(12-15)23(28)31/h1-7,12,30H,8-11H2,(H2,28,31). The van der Waals surface area contributed by atoms with Crippen molar-refractivity contribution in [1.29, 1.82) is 10.5 Å². The highest BCUT2D eigenvalue weighted by Crippen LogP contribution is 2.37. The van der Waals surface area contributed by atoms with E-state index in [4.69, 9.17) is 27.2 Å². The summed E-state index contributed by atoms with van der Waals surface area (Å²) in [6.07, 6.45) is 0.613. The van der Waals surface area contributed by atoms with Crippen LogP contribution in [-0.4, -0.2) is 35.0 Å². The summed E-state index contributed by atoms with van der Waals surface area (Å²) in [5.41, 5.74) is 8.11. The van der Waals surface area contributed by atoms with Crippen molar-refractivity contribution < 1.29 is 14.6 Å². The van der Waals surface area contributed by atoms with Crippen molar-refractivity contribution >= 4 is 29.3 Å². The average molecular weight is 479 g/mol. The Bertz CT molecular complexity index is 1250. The monoisotopic (exact) mass is 478 g/mol. The molecule has 1 heterocycles. The number of aromatic nitrogens is 1. The number of ether oxygens (including phenoxy) is 1. The number of aliphatic hydroxyl groups is 1. The predicted octanol–water partition coefficient (Wildman–Crippen LogP) is 3.95. The first-order chi connectivity index (χ1) is 16.0. The molecule has 33 heavy (non-hydrogen) atoms. The van der Waals surface area contributed by atoms with E-state index in [9.17, 15) is 15.3 Å². The number of carbonyl (C=O) groups is 1. The van der Waals surface area contributed by atoms with Gasteiger partial charge in [-0.3, -0.25) is 4.79 Å². The molecule has 0 atom stereocenters. The third-order valence-corrected chi connectivity index (χ3v) is 5.94. The number of aryl methyl sites for hydroxylation is 1. The van der Waals surface area contributed by atoms with E-state index >= 15 is 0 Å². The molecule has 0 aliphatic carbocycles. The van der Waals surface area contributed by atoms with E-state index < -0.39 is 5.91 Å². The molecule has 0 spiro atoms. The minimum atomic E-state index is -0.491. The van der Waals surface area contributed by atoms with E-state index in [0.717, 1.165) is 5.56 Å². The van der Waals surface area contributed by atoms with Crippen molar-refractivity contribution in [2.24, 2.45) is 5.73 Å². The molecule has 0 radical (unpaired) electrons. The number of halogens is 1. The van der Waals surface area contributed by atoms with Gasteiger partial charge in [-0.25, -0.2) is 4.98 Å². The molecular formula is C24H19ClN4O3S. The van der Waals surface area contributed by atoms with Gasteiger partial charge in [-0.1, -0.05) is 35.9 Å². The largest absolute Gasteiger partial charge is 0.491 e. The van der Waals surface area contributed by atoms with Crippen LogP contribution in [-0.2, 0) is 6.42 Å². The van der Waals surface area contributed by atoms with Gasteiger partial charge in [-0.05, 0) is 41.8 Å². The summed E-state index contributed by atoms with van der Waals surface area (Å²) >= 11 is 7.65. The summed E-state index contributed by atoms with van der Waals surface area (Å²) < 4.78 is 5.37. The average Bonchev–Trinajstić information content (AvgIpc) is 2.83. The van der Waals surface area contributed by atoms with Crippen LogP contribution in [0.4, 0.5) is 0 Å². The number of carbonyl (C=O) groups excluding carboxylic acids is 1. The van der Waals surface area contributed by atoms with E-state index in [1.807, 2.05) is 12.1 Å². The Morgan fingerprint density at radius 1 is 1.15 bits per heavy atom. The maximum atomic E-state index is 11.4. The van der Waals surface area contributed by atoms with Gasteiger partial charge < -0.3 is 15.6 Å². The van der Waals surface area contributed by atoms with Gasteiger partial charge in [-0.15, -0.1) is 11.8 Å². The molecule has 0 aliphatic heterocycles. The van der Waals surface area contributed by atoms with Crippen LogP contribution < -0.4 is 10.5 Å². The molecule has 0 saturated heterocycles.